The summed E-state index contributed by atoms with van der Waals surface area (Å²) in [4.78, 5) is 43.2. The largest absolute Gasteiger partial charge is 0.478 e. The molecule has 0 aromatic heterocycles. The fourth-order valence-electron chi connectivity index (χ4n) is 1.49. The number of urea groups is 2. The number of hydrogen-bond acceptors (Lipinski definition) is 4. The van der Waals surface area contributed by atoms with Crippen molar-refractivity contribution in [3.8, 4) is 0 Å². The monoisotopic (exact) mass is 342 g/mol. The van der Waals surface area contributed by atoms with Gasteiger partial charge in [0.15, 0.2) is 0 Å². The molecule has 4 amide bonds. The number of carboxylic acid groups (broad SMARTS) is 2. The van der Waals surface area contributed by atoms with Gasteiger partial charge in [0.2, 0.25) is 0 Å². The molecule has 0 saturated carbocycles. The molecule has 0 spiro atoms. The van der Waals surface area contributed by atoms with Gasteiger partial charge in [-0.1, -0.05) is 6.08 Å². The molecular weight excluding hydrogens is 320 g/mol. The Bertz CT molecular complexity index is 555. The fourth-order valence-corrected chi connectivity index (χ4v) is 1.49. The number of nitrogens with zero attached hydrogens (tertiary/aromatic N) is 1. The van der Waals surface area contributed by atoms with E-state index in [0.717, 1.165) is 6.20 Å². The van der Waals surface area contributed by atoms with Crippen LogP contribution >= 0.6 is 0 Å². The van der Waals surface area contributed by atoms with Crippen molar-refractivity contribution < 1.29 is 29.4 Å². The number of nitrogens with one attached hydrogen (secondary N) is 2. The maximum absolute atomic E-state index is 11.1. The lowest BCUT2D eigenvalue weighted by atomic mass is 10.2. The Morgan fingerprint density at radius 2 is 1.83 bits per heavy atom. The zero-order valence-corrected chi connectivity index (χ0v) is 13.5. The van der Waals surface area contributed by atoms with Crippen molar-refractivity contribution in [2.24, 2.45) is 5.73 Å². The van der Waals surface area contributed by atoms with Gasteiger partial charge >= 0.3 is 24.0 Å². The first-order chi connectivity index (χ1) is 11.1. The summed E-state index contributed by atoms with van der Waals surface area (Å²) in [6.45, 7) is 4.86. The molecule has 0 aromatic rings. The molecular formula is C14H22N4O6. The standard InChI is InChI=1S/C9H14N2O3.C5H8N2O3/c1-7(8(12)13)3-2-5-11-6-4-10-9(11)14;1-3(4(8)9)2-7-5(6)10/h3H,2,4-6H2,1H3,(H,10,14)(H,12,13);2H,1H3,(H,8,9)(H3,6,7,10). The smallest absolute Gasteiger partial charge is 0.332 e. The van der Waals surface area contributed by atoms with E-state index in [1.165, 1.54) is 6.92 Å². The minimum absolute atomic E-state index is 0.0267. The van der Waals surface area contributed by atoms with Crippen molar-refractivity contribution >= 4 is 24.0 Å². The molecule has 1 rings (SSSR count). The Morgan fingerprint density at radius 3 is 2.25 bits per heavy atom. The normalized spacial score (nSPS) is 14.4. The molecule has 10 nitrogen and oxygen atoms in total. The van der Waals surface area contributed by atoms with Gasteiger partial charge in [-0.2, -0.15) is 0 Å². The molecule has 0 atom stereocenters. The molecule has 134 valence electrons. The van der Waals surface area contributed by atoms with E-state index in [4.69, 9.17) is 10.2 Å². The molecule has 1 saturated heterocycles. The van der Waals surface area contributed by atoms with Gasteiger partial charge in [-0.05, 0) is 20.3 Å². The number of carboxylic acids is 2. The number of aliphatic carboxylic acids is 2. The van der Waals surface area contributed by atoms with E-state index in [2.05, 4.69) is 11.1 Å². The summed E-state index contributed by atoms with van der Waals surface area (Å²) in [7, 11) is 0. The number of carbonyl (C=O) groups is 4. The Kier molecular flexibility index (Phi) is 9.30. The van der Waals surface area contributed by atoms with E-state index >= 15 is 0 Å². The third-order valence-electron chi connectivity index (χ3n) is 2.90. The number of hydrogen-bond donors (Lipinski definition) is 5. The quantitative estimate of drug-likeness (QED) is 0.429. The van der Waals surface area contributed by atoms with Gasteiger partial charge in [0.25, 0.3) is 0 Å². The van der Waals surface area contributed by atoms with Gasteiger partial charge in [0.05, 0.1) is 5.57 Å². The van der Waals surface area contributed by atoms with Crippen molar-refractivity contribution in [2.75, 3.05) is 19.6 Å². The minimum Gasteiger partial charge on any atom is -0.478 e. The molecule has 0 aliphatic carbocycles. The van der Waals surface area contributed by atoms with Crippen LogP contribution in [0, 0.1) is 0 Å². The van der Waals surface area contributed by atoms with Crippen LogP contribution in [0.4, 0.5) is 9.59 Å². The lowest BCUT2D eigenvalue weighted by Crippen LogP contribution is -2.28. The predicted octanol–water partition coefficient (Wildman–Crippen LogP) is 0.0757. The van der Waals surface area contributed by atoms with Gasteiger partial charge in [-0.3, -0.25) is 0 Å². The fraction of sp³-hybridized carbons (Fsp3) is 0.429. The maximum Gasteiger partial charge on any atom is 0.332 e. The van der Waals surface area contributed by atoms with Gasteiger partial charge in [-0.25, -0.2) is 19.2 Å². The SMILES string of the molecule is CC(=CCCN1CCNC1=O)C(=O)O.CC(=CNC(N)=O)C(=O)O. The molecule has 1 heterocycles. The average Bonchev–Trinajstić information content (AvgIpc) is 2.90. The van der Waals surface area contributed by atoms with Crippen LogP contribution in [0.25, 0.3) is 0 Å². The Labute approximate surface area is 139 Å². The van der Waals surface area contributed by atoms with Gasteiger partial charge in [0.1, 0.15) is 0 Å². The highest BCUT2D eigenvalue weighted by atomic mass is 16.4. The van der Waals surface area contributed by atoms with Crippen molar-refractivity contribution in [3.05, 3.63) is 23.4 Å². The number of nitrogens with two attached hydrogens (primary N) is 1. The first-order valence-electron chi connectivity index (χ1n) is 7.04. The van der Waals surface area contributed by atoms with Crippen molar-refractivity contribution in [3.63, 3.8) is 0 Å². The molecule has 1 aliphatic rings. The molecule has 24 heavy (non-hydrogen) atoms. The number of carbonyl (C=O) groups excluding carboxylic acids is 2. The second-order valence-corrected chi connectivity index (χ2v) is 4.84. The molecule has 6 N–H and O–H groups in total. The zero-order valence-electron chi connectivity index (χ0n) is 13.5. The van der Waals surface area contributed by atoms with E-state index < -0.39 is 18.0 Å². The van der Waals surface area contributed by atoms with E-state index in [-0.39, 0.29) is 11.6 Å². The van der Waals surface area contributed by atoms with Crippen LogP contribution in [-0.4, -0.2) is 58.7 Å². The predicted molar refractivity (Wildman–Crippen MR) is 85.1 cm³/mol. The van der Waals surface area contributed by atoms with Crippen molar-refractivity contribution in [1.82, 2.24) is 15.5 Å². The number of amides is 4. The summed E-state index contributed by atoms with van der Waals surface area (Å²) < 4.78 is 0. The van der Waals surface area contributed by atoms with E-state index in [9.17, 15) is 19.2 Å². The van der Waals surface area contributed by atoms with Crippen molar-refractivity contribution in [1.29, 1.82) is 0 Å². The first kappa shape index (κ1) is 21.0. The van der Waals surface area contributed by atoms with Crippen LogP contribution in [0.15, 0.2) is 23.4 Å². The third-order valence-corrected chi connectivity index (χ3v) is 2.90. The lowest BCUT2D eigenvalue weighted by molar-refractivity contribution is -0.133. The highest BCUT2D eigenvalue weighted by molar-refractivity contribution is 5.86. The Balaban J connectivity index is 0.000000470. The second-order valence-electron chi connectivity index (χ2n) is 4.84. The topological polar surface area (TPSA) is 162 Å². The number of rotatable bonds is 6. The molecule has 0 aromatic carbocycles. The first-order valence-corrected chi connectivity index (χ1v) is 7.04. The zero-order chi connectivity index (χ0) is 18.7. The Morgan fingerprint density at radius 1 is 1.25 bits per heavy atom. The highest BCUT2D eigenvalue weighted by Crippen LogP contribution is 2.01. The maximum atomic E-state index is 11.1. The van der Waals surface area contributed by atoms with Gasteiger partial charge in [0, 0.05) is 31.4 Å². The summed E-state index contributed by atoms with van der Waals surface area (Å²) >= 11 is 0. The molecule has 0 radical (unpaired) electrons. The summed E-state index contributed by atoms with van der Waals surface area (Å²) in [5.41, 5.74) is 5.00. The van der Waals surface area contributed by atoms with Gasteiger partial charge in [-0.15, -0.1) is 0 Å². The van der Waals surface area contributed by atoms with Crippen LogP contribution in [0.5, 0.6) is 0 Å². The number of primary amides is 1. The second kappa shape index (κ2) is 10.6. The van der Waals surface area contributed by atoms with Crippen LogP contribution in [0.2, 0.25) is 0 Å². The van der Waals surface area contributed by atoms with Crippen LogP contribution < -0.4 is 16.4 Å². The van der Waals surface area contributed by atoms with E-state index in [1.54, 1.807) is 17.9 Å². The van der Waals surface area contributed by atoms with E-state index in [1.807, 2.05) is 5.32 Å². The van der Waals surface area contributed by atoms with Crippen LogP contribution in [0.1, 0.15) is 20.3 Å². The molecule has 1 aliphatic heterocycles. The summed E-state index contributed by atoms with van der Waals surface area (Å²) in [6.07, 6.45) is 3.25. The third kappa shape index (κ3) is 9.07. The Hall–Kier alpha value is -3.04. The van der Waals surface area contributed by atoms with Gasteiger partial charge < -0.3 is 31.5 Å². The van der Waals surface area contributed by atoms with E-state index in [0.29, 0.717) is 31.6 Å². The molecule has 10 heteroatoms. The minimum atomic E-state index is -1.09. The van der Waals surface area contributed by atoms with Crippen molar-refractivity contribution in [2.45, 2.75) is 20.3 Å². The van der Waals surface area contributed by atoms with Crippen LogP contribution in [-0.2, 0) is 9.59 Å². The van der Waals surface area contributed by atoms with Crippen LogP contribution in [0.3, 0.4) is 0 Å². The molecule has 1 fully saturated rings. The molecule has 0 bridgehead atoms. The lowest BCUT2D eigenvalue weighted by Gasteiger charge is -2.11. The summed E-state index contributed by atoms with van der Waals surface area (Å²) in [6, 6.07) is -0.841. The molecule has 0 unspecified atom stereocenters. The highest BCUT2D eigenvalue weighted by Gasteiger charge is 2.17. The average molecular weight is 342 g/mol. The summed E-state index contributed by atoms with van der Waals surface area (Å²) in [5.74, 6) is -2.00. The summed E-state index contributed by atoms with van der Waals surface area (Å²) in [5, 5.41) is 21.5.